The second kappa shape index (κ2) is 7.45. The van der Waals surface area contributed by atoms with Crippen LogP contribution in [0.2, 0.25) is 0 Å². The fourth-order valence-electron chi connectivity index (χ4n) is 6.02. The molecule has 0 radical (unpaired) electrons. The van der Waals surface area contributed by atoms with Crippen molar-refractivity contribution in [1.29, 1.82) is 0 Å². The van der Waals surface area contributed by atoms with E-state index in [0.717, 1.165) is 22.8 Å². The summed E-state index contributed by atoms with van der Waals surface area (Å²) in [4.78, 5) is 24.5. The van der Waals surface area contributed by atoms with Crippen molar-refractivity contribution in [1.82, 2.24) is 10.2 Å². The minimum absolute atomic E-state index is 0.0433. The minimum Gasteiger partial charge on any atom is -0.326 e. The number of hydrogen-bond donors (Lipinski definition) is 2. The molecule has 0 spiro atoms. The van der Waals surface area contributed by atoms with Crippen molar-refractivity contribution in [3.8, 4) is 0 Å². The van der Waals surface area contributed by atoms with E-state index >= 15 is 0 Å². The highest BCUT2D eigenvalue weighted by Crippen LogP contribution is 2.61. The Bertz CT molecular complexity index is 931. The highest BCUT2D eigenvalue weighted by atomic mass is 32.1. The number of hydrogen-bond acceptors (Lipinski definition) is 5. The molecule has 2 N–H and O–H groups in total. The average Bonchev–Trinajstić information content (AvgIpc) is 3.17. The largest absolute Gasteiger partial charge is 0.326 e. The summed E-state index contributed by atoms with van der Waals surface area (Å²) in [5.41, 5.74) is 1.42. The first-order valence-corrected chi connectivity index (χ1v) is 11.8. The van der Waals surface area contributed by atoms with Crippen molar-refractivity contribution in [3.63, 3.8) is 0 Å². The second-order valence-electron chi connectivity index (χ2n) is 9.79. The van der Waals surface area contributed by atoms with Gasteiger partial charge in [-0.1, -0.05) is 25.2 Å². The summed E-state index contributed by atoms with van der Waals surface area (Å²) in [7, 11) is 0. The van der Waals surface area contributed by atoms with E-state index < -0.39 is 0 Å². The lowest BCUT2D eigenvalue weighted by Crippen LogP contribution is -2.48. The van der Waals surface area contributed by atoms with Gasteiger partial charge in [-0.15, -0.1) is 10.2 Å². The van der Waals surface area contributed by atoms with Crippen molar-refractivity contribution in [2.45, 2.75) is 57.8 Å². The molecule has 4 bridgehead atoms. The molecule has 2 amide bonds. The number of carbonyl (C=O) groups excluding carboxylic acids is 2. The molecule has 1 heterocycles. The van der Waals surface area contributed by atoms with Gasteiger partial charge >= 0.3 is 0 Å². The summed E-state index contributed by atoms with van der Waals surface area (Å²) in [6.45, 7) is 3.69. The number of rotatable bonds is 5. The van der Waals surface area contributed by atoms with E-state index in [1.54, 1.807) is 35.6 Å². The molecule has 4 aliphatic carbocycles. The summed E-state index contributed by atoms with van der Waals surface area (Å²) in [5, 5.41) is 16.2. The molecular formula is C23H28N4O2S. The Balaban J connectivity index is 1.25. The Morgan fingerprint density at radius 3 is 2.13 bits per heavy atom. The van der Waals surface area contributed by atoms with Crippen molar-refractivity contribution in [2.75, 3.05) is 10.6 Å². The lowest BCUT2D eigenvalue weighted by Gasteiger charge is -2.55. The van der Waals surface area contributed by atoms with Gasteiger partial charge in [-0.25, -0.2) is 0 Å². The molecule has 7 heteroatoms. The predicted molar refractivity (Wildman–Crippen MR) is 118 cm³/mol. The molecule has 0 unspecified atom stereocenters. The maximum Gasteiger partial charge on any atom is 0.257 e. The number of benzene rings is 1. The molecule has 6 rings (SSSR count). The van der Waals surface area contributed by atoms with Crippen molar-refractivity contribution < 1.29 is 9.59 Å². The van der Waals surface area contributed by atoms with E-state index in [1.165, 1.54) is 38.5 Å². The van der Waals surface area contributed by atoms with Crippen LogP contribution in [0.1, 0.15) is 67.7 Å². The quantitative estimate of drug-likeness (QED) is 0.718. The maximum atomic E-state index is 12.7. The number of amides is 2. The van der Waals surface area contributed by atoms with Crippen molar-refractivity contribution >= 4 is 34.0 Å². The van der Waals surface area contributed by atoms with E-state index in [0.29, 0.717) is 16.4 Å². The standard InChI is InChI=1S/C23H28N4O2S/c1-13(2)19(28)24-18-5-3-17(4-6-18)20(29)25-22-27-26-21(30-22)23-10-14-7-15(11-23)9-16(8-14)12-23/h3-6,13-16H,7-12H2,1-2H3,(H,24,28)(H,25,27,29). The normalized spacial score (nSPS) is 29.2. The monoisotopic (exact) mass is 424 g/mol. The molecule has 1 aromatic heterocycles. The van der Waals surface area contributed by atoms with Crippen LogP contribution in [-0.4, -0.2) is 22.0 Å². The number of carbonyl (C=O) groups is 2. The fraction of sp³-hybridized carbons (Fsp3) is 0.565. The summed E-state index contributed by atoms with van der Waals surface area (Å²) < 4.78 is 0. The molecule has 4 aliphatic rings. The number of nitrogens with one attached hydrogen (secondary N) is 2. The molecule has 0 saturated heterocycles. The van der Waals surface area contributed by atoms with Gasteiger partial charge in [-0.2, -0.15) is 0 Å². The topological polar surface area (TPSA) is 84.0 Å². The summed E-state index contributed by atoms with van der Waals surface area (Å²) in [6.07, 6.45) is 7.92. The lowest BCUT2D eigenvalue weighted by atomic mass is 9.50. The molecular weight excluding hydrogens is 396 g/mol. The first-order valence-electron chi connectivity index (χ1n) is 11.0. The van der Waals surface area contributed by atoms with E-state index in [1.807, 2.05) is 13.8 Å². The maximum absolute atomic E-state index is 12.7. The third-order valence-corrected chi connectivity index (χ3v) is 8.16. The average molecular weight is 425 g/mol. The van der Waals surface area contributed by atoms with Gasteiger partial charge in [0.2, 0.25) is 11.0 Å². The van der Waals surface area contributed by atoms with Crippen LogP contribution < -0.4 is 10.6 Å². The van der Waals surface area contributed by atoms with Crippen LogP contribution in [0.5, 0.6) is 0 Å². The third kappa shape index (κ3) is 3.64. The van der Waals surface area contributed by atoms with Gasteiger partial charge in [0.1, 0.15) is 5.01 Å². The van der Waals surface area contributed by atoms with Crippen LogP contribution in [0.4, 0.5) is 10.8 Å². The molecule has 4 fully saturated rings. The van der Waals surface area contributed by atoms with Crippen LogP contribution in [-0.2, 0) is 10.2 Å². The Hall–Kier alpha value is -2.28. The SMILES string of the molecule is CC(C)C(=O)Nc1ccc(C(=O)Nc2nnc(C34CC5CC(CC(C5)C3)C4)s2)cc1. The smallest absolute Gasteiger partial charge is 0.257 e. The van der Waals surface area contributed by atoms with E-state index in [-0.39, 0.29) is 23.1 Å². The zero-order valence-corrected chi connectivity index (χ0v) is 18.3. The van der Waals surface area contributed by atoms with Crippen molar-refractivity contribution in [3.05, 3.63) is 34.8 Å². The fourth-order valence-corrected chi connectivity index (χ4v) is 6.98. The van der Waals surface area contributed by atoms with E-state index in [2.05, 4.69) is 20.8 Å². The first kappa shape index (κ1) is 19.7. The van der Waals surface area contributed by atoms with Crippen LogP contribution in [0.25, 0.3) is 0 Å². The molecule has 158 valence electrons. The van der Waals surface area contributed by atoms with Gasteiger partial charge in [-0.3, -0.25) is 14.9 Å². The second-order valence-corrected chi connectivity index (χ2v) is 10.8. The van der Waals surface area contributed by atoms with Gasteiger partial charge < -0.3 is 5.32 Å². The van der Waals surface area contributed by atoms with Gasteiger partial charge in [0, 0.05) is 22.6 Å². The highest BCUT2D eigenvalue weighted by molar-refractivity contribution is 7.15. The first-order chi connectivity index (χ1) is 14.4. The Kier molecular flexibility index (Phi) is 4.88. The summed E-state index contributed by atoms with van der Waals surface area (Å²) >= 11 is 1.55. The Labute approximate surface area is 180 Å². The van der Waals surface area contributed by atoms with Crippen LogP contribution in [0.3, 0.4) is 0 Å². The predicted octanol–water partition coefficient (Wildman–Crippen LogP) is 4.85. The van der Waals surface area contributed by atoms with Crippen LogP contribution >= 0.6 is 11.3 Å². The number of nitrogens with zero attached hydrogens (tertiary/aromatic N) is 2. The van der Waals surface area contributed by atoms with E-state index in [9.17, 15) is 9.59 Å². The zero-order valence-electron chi connectivity index (χ0n) is 17.5. The van der Waals surface area contributed by atoms with Gasteiger partial charge in [0.15, 0.2) is 0 Å². The molecule has 1 aromatic carbocycles. The molecule has 30 heavy (non-hydrogen) atoms. The summed E-state index contributed by atoms with van der Waals surface area (Å²) in [6, 6.07) is 6.92. The van der Waals surface area contributed by atoms with Gasteiger partial charge in [0.25, 0.3) is 5.91 Å². The van der Waals surface area contributed by atoms with Gasteiger partial charge in [0.05, 0.1) is 0 Å². The van der Waals surface area contributed by atoms with Crippen LogP contribution in [0.15, 0.2) is 24.3 Å². The third-order valence-electron chi connectivity index (χ3n) is 7.08. The summed E-state index contributed by atoms with van der Waals surface area (Å²) in [5.74, 6) is 2.23. The van der Waals surface area contributed by atoms with Crippen LogP contribution in [0, 0.1) is 23.7 Å². The number of anilines is 2. The molecule has 0 atom stereocenters. The highest BCUT2D eigenvalue weighted by Gasteiger charge is 2.53. The number of aromatic nitrogens is 2. The Morgan fingerprint density at radius 1 is 0.967 bits per heavy atom. The Morgan fingerprint density at radius 2 is 1.57 bits per heavy atom. The molecule has 4 saturated carbocycles. The molecule has 0 aliphatic heterocycles. The molecule has 6 nitrogen and oxygen atoms in total. The minimum atomic E-state index is -0.204. The van der Waals surface area contributed by atoms with Crippen molar-refractivity contribution in [2.24, 2.45) is 23.7 Å². The molecule has 2 aromatic rings. The lowest BCUT2D eigenvalue weighted by molar-refractivity contribution is -0.118. The van der Waals surface area contributed by atoms with Gasteiger partial charge in [-0.05, 0) is 80.5 Å². The zero-order chi connectivity index (χ0) is 20.9. The van der Waals surface area contributed by atoms with E-state index in [4.69, 9.17) is 0 Å².